The molecule has 7 nitrogen and oxygen atoms in total. The summed E-state index contributed by atoms with van der Waals surface area (Å²) in [5, 5.41) is 18.6. The smallest absolute Gasteiger partial charge is 0.135 e. The van der Waals surface area contributed by atoms with Crippen LogP contribution < -0.4 is 10.8 Å². The van der Waals surface area contributed by atoms with Crippen molar-refractivity contribution in [1.82, 2.24) is 30.4 Å². The van der Waals surface area contributed by atoms with Crippen molar-refractivity contribution < 1.29 is 0 Å². The number of hydrogen-bond acceptors (Lipinski definition) is 5. The second-order valence-electron chi connectivity index (χ2n) is 3.89. The lowest BCUT2D eigenvalue weighted by molar-refractivity contribution is 0.871. The third kappa shape index (κ3) is 1.61. The molecule has 3 rings (SSSR count). The fourth-order valence-electron chi connectivity index (χ4n) is 1.67. The minimum Gasteiger partial charge on any atom is -0.383 e. The molecule has 2 N–H and O–H groups in total. The van der Waals surface area contributed by atoms with E-state index in [0.29, 0.717) is 17.2 Å². The number of nitrogen functional groups attached to an aromatic ring is 1. The molecule has 0 bridgehead atoms. The van der Waals surface area contributed by atoms with Crippen molar-refractivity contribution in [3.63, 3.8) is 0 Å². The standard InChI is InChI=1S/C11H10N7/c1-7-2-4-8(5-3-7)18-10(12)9(6-13-18)11-14-16-17-15-11/h2-6H,12H2,1H3/q-1. The summed E-state index contributed by atoms with van der Waals surface area (Å²) in [4.78, 5) is 0. The zero-order valence-corrected chi connectivity index (χ0v) is 9.65. The van der Waals surface area contributed by atoms with Gasteiger partial charge in [-0.15, -0.1) is 0 Å². The first-order chi connectivity index (χ1) is 8.75. The quantitative estimate of drug-likeness (QED) is 0.703. The summed E-state index contributed by atoms with van der Waals surface area (Å²) in [7, 11) is 0. The molecule has 0 amide bonds. The lowest BCUT2D eigenvalue weighted by Crippen LogP contribution is -2.02. The first kappa shape index (κ1) is 10.5. The SMILES string of the molecule is Cc1ccc(-n2ncc(-c3nnn[n-]3)c2N)cc1. The Balaban J connectivity index is 2.07. The van der Waals surface area contributed by atoms with Crippen LogP contribution in [0.4, 0.5) is 5.82 Å². The average Bonchev–Trinajstić information content (AvgIpc) is 2.99. The molecular formula is C11H10N7-. The molecule has 7 heteroatoms. The molecule has 0 fully saturated rings. The van der Waals surface area contributed by atoms with Gasteiger partial charge < -0.3 is 10.8 Å². The highest BCUT2D eigenvalue weighted by Gasteiger charge is 2.09. The number of tetrazole rings is 1. The van der Waals surface area contributed by atoms with E-state index < -0.39 is 0 Å². The number of aryl methyl sites for hydroxylation is 1. The predicted molar refractivity (Wildman–Crippen MR) is 64.9 cm³/mol. The van der Waals surface area contributed by atoms with Crippen LogP contribution in [0.2, 0.25) is 0 Å². The highest BCUT2D eigenvalue weighted by molar-refractivity contribution is 5.68. The number of nitrogens with zero attached hydrogens (tertiary/aromatic N) is 6. The van der Waals surface area contributed by atoms with Crippen LogP contribution in [0.3, 0.4) is 0 Å². The normalized spacial score (nSPS) is 10.7. The van der Waals surface area contributed by atoms with Crippen molar-refractivity contribution in [3.05, 3.63) is 36.0 Å². The maximum atomic E-state index is 6.03. The van der Waals surface area contributed by atoms with Gasteiger partial charge in [0.25, 0.3) is 0 Å². The van der Waals surface area contributed by atoms with Crippen LogP contribution >= 0.6 is 0 Å². The monoisotopic (exact) mass is 240 g/mol. The van der Waals surface area contributed by atoms with Gasteiger partial charge in [-0.25, -0.2) is 4.68 Å². The van der Waals surface area contributed by atoms with E-state index >= 15 is 0 Å². The maximum Gasteiger partial charge on any atom is 0.135 e. The van der Waals surface area contributed by atoms with Gasteiger partial charge in [0.05, 0.1) is 17.4 Å². The van der Waals surface area contributed by atoms with Gasteiger partial charge in [0, 0.05) is 5.82 Å². The second kappa shape index (κ2) is 3.95. The van der Waals surface area contributed by atoms with E-state index in [1.165, 1.54) is 5.56 Å². The Bertz CT molecular complexity index is 651. The molecule has 18 heavy (non-hydrogen) atoms. The van der Waals surface area contributed by atoms with Crippen LogP contribution in [0, 0.1) is 6.92 Å². The zero-order chi connectivity index (χ0) is 12.5. The zero-order valence-electron chi connectivity index (χ0n) is 9.65. The third-order valence-electron chi connectivity index (χ3n) is 2.64. The molecule has 0 aliphatic heterocycles. The molecule has 0 unspecified atom stereocenters. The Labute approximate surface area is 103 Å². The van der Waals surface area contributed by atoms with Crippen LogP contribution in [-0.4, -0.2) is 25.3 Å². The average molecular weight is 240 g/mol. The Morgan fingerprint density at radius 1 is 1.22 bits per heavy atom. The number of nitrogens with two attached hydrogens (primary N) is 1. The topological polar surface area (TPSA) is 96.6 Å². The Kier molecular flexibility index (Phi) is 2.30. The summed E-state index contributed by atoms with van der Waals surface area (Å²) in [6, 6.07) is 7.89. The summed E-state index contributed by atoms with van der Waals surface area (Å²) < 4.78 is 1.63. The molecule has 1 aromatic carbocycles. The lowest BCUT2D eigenvalue weighted by atomic mass is 10.2. The van der Waals surface area contributed by atoms with Crippen LogP contribution in [-0.2, 0) is 0 Å². The van der Waals surface area contributed by atoms with E-state index in [9.17, 15) is 0 Å². The number of anilines is 1. The lowest BCUT2D eigenvalue weighted by Gasteiger charge is -2.05. The number of rotatable bonds is 2. The van der Waals surface area contributed by atoms with Gasteiger partial charge in [-0.1, -0.05) is 17.7 Å². The van der Waals surface area contributed by atoms with Crippen LogP contribution in [0.25, 0.3) is 17.1 Å². The van der Waals surface area contributed by atoms with Crippen molar-refractivity contribution in [1.29, 1.82) is 0 Å². The summed E-state index contributed by atoms with van der Waals surface area (Å²) in [5.74, 6) is 0.847. The Hall–Kier alpha value is -2.70. The van der Waals surface area contributed by atoms with Gasteiger partial charge in [0.1, 0.15) is 5.82 Å². The molecular weight excluding hydrogens is 230 g/mol. The number of hydrogen-bond donors (Lipinski definition) is 1. The summed E-state index contributed by atoms with van der Waals surface area (Å²) in [5.41, 5.74) is 8.72. The van der Waals surface area contributed by atoms with E-state index in [4.69, 9.17) is 5.73 Å². The number of benzene rings is 1. The first-order valence-electron chi connectivity index (χ1n) is 5.35. The van der Waals surface area contributed by atoms with Gasteiger partial charge >= 0.3 is 0 Å². The Morgan fingerprint density at radius 2 is 2.00 bits per heavy atom. The minimum absolute atomic E-state index is 0.380. The van der Waals surface area contributed by atoms with E-state index in [1.807, 2.05) is 31.2 Å². The van der Waals surface area contributed by atoms with Crippen LogP contribution in [0.15, 0.2) is 30.5 Å². The molecule has 0 radical (unpaired) electrons. The fraction of sp³-hybridized carbons (Fsp3) is 0.0909. The van der Waals surface area contributed by atoms with Gasteiger partial charge in [0.2, 0.25) is 0 Å². The maximum absolute atomic E-state index is 6.03. The van der Waals surface area contributed by atoms with E-state index in [-0.39, 0.29) is 0 Å². The molecule has 0 aliphatic rings. The van der Waals surface area contributed by atoms with Gasteiger partial charge in [0.15, 0.2) is 0 Å². The molecule has 0 aliphatic carbocycles. The largest absolute Gasteiger partial charge is 0.383 e. The van der Waals surface area contributed by atoms with Crippen molar-refractivity contribution in [2.45, 2.75) is 6.92 Å². The number of aromatic nitrogens is 6. The van der Waals surface area contributed by atoms with E-state index in [1.54, 1.807) is 10.9 Å². The van der Waals surface area contributed by atoms with Gasteiger partial charge in [-0.2, -0.15) is 10.3 Å². The minimum atomic E-state index is 0.380. The van der Waals surface area contributed by atoms with Crippen molar-refractivity contribution in [2.75, 3.05) is 5.73 Å². The van der Waals surface area contributed by atoms with Gasteiger partial charge in [-0.3, -0.25) is 10.3 Å². The molecule has 2 aromatic heterocycles. The highest BCUT2D eigenvalue weighted by Crippen LogP contribution is 2.23. The van der Waals surface area contributed by atoms with Gasteiger partial charge in [-0.05, 0) is 19.1 Å². The van der Waals surface area contributed by atoms with Crippen molar-refractivity contribution >= 4 is 5.82 Å². The molecule has 0 spiro atoms. The van der Waals surface area contributed by atoms with Crippen molar-refractivity contribution in [2.24, 2.45) is 0 Å². The van der Waals surface area contributed by atoms with E-state index in [2.05, 4.69) is 25.7 Å². The summed E-state index contributed by atoms with van der Waals surface area (Å²) >= 11 is 0. The molecule has 3 aromatic rings. The first-order valence-corrected chi connectivity index (χ1v) is 5.35. The second-order valence-corrected chi connectivity index (χ2v) is 3.89. The summed E-state index contributed by atoms with van der Waals surface area (Å²) in [6.45, 7) is 2.02. The van der Waals surface area contributed by atoms with Crippen LogP contribution in [0.5, 0.6) is 0 Å². The fourth-order valence-corrected chi connectivity index (χ4v) is 1.67. The highest BCUT2D eigenvalue weighted by atomic mass is 15.5. The van der Waals surface area contributed by atoms with Crippen molar-refractivity contribution in [3.8, 4) is 17.1 Å². The van der Waals surface area contributed by atoms with E-state index in [0.717, 1.165) is 5.69 Å². The molecule has 0 saturated carbocycles. The van der Waals surface area contributed by atoms with Crippen LogP contribution in [0.1, 0.15) is 5.56 Å². The Morgan fingerprint density at radius 3 is 2.67 bits per heavy atom. The predicted octanol–water partition coefficient (Wildman–Crippen LogP) is 0.572. The molecule has 2 heterocycles. The molecule has 90 valence electrons. The molecule has 0 saturated heterocycles. The molecule has 0 atom stereocenters. The summed E-state index contributed by atoms with van der Waals surface area (Å²) in [6.07, 6.45) is 1.61. The third-order valence-corrected chi connectivity index (χ3v) is 2.64.